The van der Waals surface area contributed by atoms with Crippen LogP contribution in [-0.2, 0) is 14.8 Å². The highest BCUT2D eigenvalue weighted by Crippen LogP contribution is 2.27. The minimum atomic E-state index is -4.44. The fourth-order valence-electron chi connectivity index (χ4n) is 1.34. The largest absolute Gasteiger partial charge is 0.465 e. The van der Waals surface area contributed by atoms with Crippen LogP contribution in [0.15, 0.2) is 15.6 Å². The number of rotatable bonds is 6. The molecule has 0 radical (unpaired) electrons. The molecular weight excluding hydrogens is 336 g/mol. The van der Waals surface area contributed by atoms with Gasteiger partial charge in [-0.05, 0) is 11.6 Å². The summed E-state index contributed by atoms with van der Waals surface area (Å²) < 4.78 is 59.4. The molecule has 0 saturated carbocycles. The van der Waals surface area contributed by atoms with Gasteiger partial charge in [-0.3, -0.25) is 0 Å². The van der Waals surface area contributed by atoms with Crippen molar-refractivity contribution in [3.63, 3.8) is 0 Å². The molecule has 1 heterocycles. The Morgan fingerprint density at radius 3 is 2.62 bits per heavy atom. The number of hydrogen-bond acceptors (Lipinski definition) is 6. The number of halogens is 3. The van der Waals surface area contributed by atoms with Crippen LogP contribution in [0, 0.1) is 0 Å². The van der Waals surface area contributed by atoms with E-state index in [-0.39, 0.29) is 9.87 Å². The Balaban J connectivity index is 3.11. The molecule has 0 amide bonds. The third-order valence-corrected chi connectivity index (χ3v) is 4.36. The van der Waals surface area contributed by atoms with E-state index in [0.29, 0.717) is 0 Å². The van der Waals surface area contributed by atoms with Crippen LogP contribution in [0.5, 0.6) is 0 Å². The Kier molecular flexibility index (Phi) is 5.31. The molecule has 0 saturated heterocycles. The zero-order chi connectivity index (χ0) is 16.4. The molecule has 0 fully saturated rings. The van der Waals surface area contributed by atoms with Crippen LogP contribution >= 0.6 is 11.6 Å². The number of hydrogen-bond donors (Lipinski definition) is 1. The molecule has 0 aliphatic carbocycles. The quantitative estimate of drug-likeness (QED) is 0.770. The molecule has 120 valence electrons. The maximum atomic E-state index is 13.0. The van der Waals surface area contributed by atoms with E-state index in [1.54, 1.807) is 0 Å². The number of alkyl halides is 2. The topological polar surface area (TPSA) is 97.1 Å². The van der Waals surface area contributed by atoms with E-state index < -0.39 is 45.4 Å². The Labute approximate surface area is 124 Å². The lowest BCUT2D eigenvalue weighted by Crippen LogP contribution is -2.40. The fraction of sp³-hybridized carbons (Fsp3) is 0.500. The van der Waals surface area contributed by atoms with Gasteiger partial charge >= 0.3 is 5.97 Å². The summed E-state index contributed by atoms with van der Waals surface area (Å²) in [6, 6.07) is 0.775. The standard InChI is InChI=1S/C10H12ClF2NO6S/c1-14(4-10(12,13)5-15)21(17,18)7-3-6(8(11)20-7)9(16)19-2/h3,15H,4-5H2,1-2H3. The van der Waals surface area contributed by atoms with Crippen LogP contribution in [0.1, 0.15) is 10.4 Å². The average molecular weight is 348 g/mol. The number of sulfonamides is 1. The van der Waals surface area contributed by atoms with Gasteiger partial charge in [0.1, 0.15) is 12.2 Å². The van der Waals surface area contributed by atoms with E-state index in [4.69, 9.17) is 21.1 Å². The van der Waals surface area contributed by atoms with Crippen LogP contribution in [0.4, 0.5) is 8.78 Å². The monoisotopic (exact) mass is 347 g/mol. The van der Waals surface area contributed by atoms with E-state index in [0.717, 1.165) is 20.2 Å². The summed E-state index contributed by atoms with van der Waals surface area (Å²) in [7, 11) is -2.52. The normalized spacial score (nSPS) is 12.7. The van der Waals surface area contributed by atoms with Crippen LogP contribution in [0.25, 0.3) is 0 Å². The minimum absolute atomic E-state index is 0.277. The second-order valence-electron chi connectivity index (χ2n) is 4.02. The Hall–Kier alpha value is -1.23. The first-order valence-electron chi connectivity index (χ1n) is 5.38. The smallest absolute Gasteiger partial charge is 0.342 e. The summed E-state index contributed by atoms with van der Waals surface area (Å²) in [6.45, 7) is -2.78. The molecule has 1 aromatic rings. The van der Waals surface area contributed by atoms with E-state index in [1.807, 2.05) is 0 Å². The second kappa shape index (κ2) is 6.26. The molecule has 0 bridgehead atoms. The minimum Gasteiger partial charge on any atom is -0.465 e. The first-order valence-corrected chi connectivity index (χ1v) is 7.19. The number of methoxy groups -OCH3 is 1. The highest BCUT2D eigenvalue weighted by Gasteiger charge is 2.36. The van der Waals surface area contributed by atoms with Gasteiger partial charge in [0, 0.05) is 13.1 Å². The van der Waals surface area contributed by atoms with Crippen molar-refractivity contribution < 1.29 is 36.3 Å². The highest BCUT2D eigenvalue weighted by molar-refractivity contribution is 7.89. The number of aliphatic hydroxyl groups is 1. The molecule has 0 spiro atoms. The van der Waals surface area contributed by atoms with Crippen molar-refractivity contribution in [2.45, 2.75) is 11.0 Å². The second-order valence-corrected chi connectivity index (χ2v) is 6.34. The molecular formula is C10H12ClF2NO6S. The molecule has 0 aromatic carbocycles. The van der Waals surface area contributed by atoms with Crippen LogP contribution < -0.4 is 0 Å². The van der Waals surface area contributed by atoms with Gasteiger partial charge in [-0.2, -0.15) is 4.31 Å². The predicted octanol–water partition coefficient (Wildman–Crippen LogP) is 0.968. The lowest BCUT2D eigenvalue weighted by atomic mass is 10.3. The zero-order valence-corrected chi connectivity index (χ0v) is 12.5. The summed E-state index contributed by atoms with van der Waals surface area (Å²) in [4.78, 5) is 11.3. The van der Waals surface area contributed by atoms with Crippen molar-refractivity contribution in [1.82, 2.24) is 4.31 Å². The molecule has 0 unspecified atom stereocenters. The summed E-state index contributed by atoms with van der Waals surface area (Å²) >= 11 is 5.55. The van der Waals surface area contributed by atoms with Gasteiger partial charge in [0.25, 0.3) is 15.9 Å². The number of furan rings is 1. The van der Waals surface area contributed by atoms with Crippen LogP contribution in [-0.4, -0.2) is 57.0 Å². The highest BCUT2D eigenvalue weighted by atomic mass is 35.5. The van der Waals surface area contributed by atoms with Gasteiger partial charge in [-0.15, -0.1) is 0 Å². The SMILES string of the molecule is COC(=O)c1cc(S(=O)(=O)N(C)CC(F)(F)CO)oc1Cl. The fourth-order valence-corrected chi connectivity index (χ4v) is 2.72. The summed E-state index contributed by atoms with van der Waals surface area (Å²) in [5.41, 5.74) is -0.347. The molecule has 0 atom stereocenters. The summed E-state index contributed by atoms with van der Waals surface area (Å²) in [6.07, 6.45) is 0. The van der Waals surface area contributed by atoms with Crippen molar-refractivity contribution in [1.29, 1.82) is 0 Å². The Bertz CT molecular complexity index is 629. The number of nitrogens with zero attached hydrogens (tertiary/aromatic N) is 1. The molecule has 0 aliphatic heterocycles. The Morgan fingerprint density at radius 2 is 2.14 bits per heavy atom. The molecule has 1 rings (SSSR count). The van der Waals surface area contributed by atoms with E-state index >= 15 is 0 Å². The molecule has 11 heteroatoms. The third kappa shape index (κ3) is 3.90. The maximum absolute atomic E-state index is 13.0. The summed E-state index contributed by atoms with van der Waals surface area (Å²) in [5, 5.41) is 7.13. The van der Waals surface area contributed by atoms with Crippen LogP contribution in [0.2, 0.25) is 5.22 Å². The summed E-state index contributed by atoms with van der Waals surface area (Å²) in [5.74, 6) is -4.56. The molecule has 1 aromatic heterocycles. The van der Waals surface area contributed by atoms with Gasteiger partial charge in [0.2, 0.25) is 10.3 Å². The number of aliphatic hydroxyl groups excluding tert-OH is 1. The van der Waals surface area contributed by atoms with Gasteiger partial charge in [-0.25, -0.2) is 22.0 Å². The van der Waals surface area contributed by atoms with E-state index in [9.17, 15) is 22.0 Å². The third-order valence-electron chi connectivity index (χ3n) is 2.42. The lowest BCUT2D eigenvalue weighted by Gasteiger charge is -2.20. The zero-order valence-electron chi connectivity index (χ0n) is 11.0. The maximum Gasteiger partial charge on any atom is 0.342 e. The molecule has 1 N–H and O–H groups in total. The van der Waals surface area contributed by atoms with Gasteiger partial charge in [-0.1, -0.05) is 0 Å². The Morgan fingerprint density at radius 1 is 1.57 bits per heavy atom. The van der Waals surface area contributed by atoms with Crippen LogP contribution in [0.3, 0.4) is 0 Å². The number of ether oxygens (including phenoxy) is 1. The van der Waals surface area contributed by atoms with Crippen molar-refractivity contribution in [3.05, 3.63) is 16.8 Å². The first kappa shape index (κ1) is 17.8. The van der Waals surface area contributed by atoms with Gasteiger partial charge < -0.3 is 14.3 Å². The molecule has 21 heavy (non-hydrogen) atoms. The van der Waals surface area contributed by atoms with Crippen molar-refractivity contribution in [3.8, 4) is 0 Å². The number of carbonyl (C=O) groups excluding carboxylic acids is 1. The number of carbonyl (C=O) groups is 1. The van der Waals surface area contributed by atoms with Crippen molar-refractivity contribution in [2.24, 2.45) is 0 Å². The van der Waals surface area contributed by atoms with Crippen molar-refractivity contribution in [2.75, 3.05) is 27.3 Å². The van der Waals surface area contributed by atoms with E-state index in [2.05, 4.69) is 4.74 Å². The van der Waals surface area contributed by atoms with E-state index in [1.165, 1.54) is 0 Å². The average Bonchev–Trinajstić information content (AvgIpc) is 2.80. The lowest BCUT2D eigenvalue weighted by molar-refractivity contribution is -0.0579. The molecule has 7 nitrogen and oxygen atoms in total. The first-order chi connectivity index (χ1) is 9.55. The van der Waals surface area contributed by atoms with Crippen molar-refractivity contribution >= 4 is 27.6 Å². The molecule has 0 aliphatic rings. The number of esters is 1. The van der Waals surface area contributed by atoms with Gasteiger partial charge in [0.05, 0.1) is 13.7 Å². The predicted molar refractivity (Wildman–Crippen MR) is 66.9 cm³/mol. The van der Waals surface area contributed by atoms with Gasteiger partial charge in [0.15, 0.2) is 0 Å².